The fourth-order valence-corrected chi connectivity index (χ4v) is 5.23. The lowest BCUT2D eigenvalue weighted by Gasteiger charge is -2.06. The van der Waals surface area contributed by atoms with Crippen LogP contribution in [0, 0.1) is 19.7 Å². The summed E-state index contributed by atoms with van der Waals surface area (Å²) in [7, 11) is -3.76. The number of nitrogens with zero attached hydrogens (tertiary/aromatic N) is 1. The van der Waals surface area contributed by atoms with Gasteiger partial charge in [-0.2, -0.15) is 0 Å². The van der Waals surface area contributed by atoms with Gasteiger partial charge in [-0.15, -0.1) is 0 Å². The molecule has 0 atom stereocenters. The number of aryl methyl sites for hydroxylation is 2. The Morgan fingerprint density at radius 2 is 1.68 bits per heavy atom. The van der Waals surface area contributed by atoms with Crippen LogP contribution in [0.5, 0.6) is 0 Å². The minimum Gasteiger partial charge on any atom is -0.322 e. The SMILES string of the molecule is Cc1ccc(S(=O)(=O)Nc2nc3c(C)cc(NC(=O)c4ccc(F)cc4)cc3s2)cc1. The van der Waals surface area contributed by atoms with Gasteiger partial charge in [0.25, 0.3) is 15.9 Å². The molecular formula is C22H18FN3O3S2. The number of rotatable bonds is 5. The summed E-state index contributed by atoms with van der Waals surface area (Å²) in [6, 6.07) is 15.3. The normalized spacial score (nSPS) is 11.5. The predicted molar refractivity (Wildman–Crippen MR) is 121 cm³/mol. The third-order valence-electron chi connectivity index (χ3n) is 4.60. The Bertz CT molecular complexity index is 1380. The van der Waals surface area contributed by atoms with Gasteiger partial charge in [0.05, 0.1) is 15.1 Å². The smallest absolute Gasteiger partial charge is 0.263 e. The van der Waals surface area contributed by atoms with Gasteiger partial charge in [0.15, 0.2) is 5.13 Å². The predicted octanol–water partition coefficient (Wildman–Crippen LogP) is 5.11. The molecule has 4 aromatic rings. The molecule has 1 heterocycles. The summed E-state index contributed by atoms with van der Waals surface area (Å²) in [6.07, 6.45) is 0. The minimum absolute atomic E-state index is 0.154. The fourth-order valence-electron chi connectivity index (χ4n) is 3.01. The monoisotopic (exact) mass is 455 g/mol. The number of thiazole rings is 1. The Morgan fingerprint density at radius 1 is 1.00 bits per heavy atom. The van der Waals surface area contributed by atoms with Crippen molar-refractivity contribution in [1.29, 1.82) is 0 Å². The average Bonchev–Trinajstić information content (AvgIpc) is 3.11. The molecule has 0 spiro atoms. The summed E-state index contributed by atoms with van der Waals surface area (Å²) in [6.45, 7) is 3.71. The first-order valence-electron chi connectivity index (χ1n) is 9.29. The molecule has 6 nitrogen and oxygen atoms in total. The number of hydrogen-bond acceptors (Lipinski definition) is 5. The summed E-state index contributed by atoms with van der Waals surface area (Å²) in [5.74, 6) is -0.789. The van der Waals surface area contributed by atoms with Gasteiger partial charge in [-0.3, -0.25) is 9.52 Å². The van der Waals surface area contributed by atoms with Gasteiger partial charge in [0, 0.05) is 11.3 Å². The highest BCUT2D eigenvalue weighted by atomic mass is 32.2. The fraction of sp³-hybridized carbons (Fsp3) is 0.0909. The topological polar surface area (TPSA) is 88.2 Å². The van der Waals surface area contributed by atoms with Crippen molar-refractivity contribution in [2.45, 2.75) is 18.7 Å². The van der Waals surface area contributed by atoms with E-state index in [1.807, 2.05) is 13.8 Å². The van der Waals surface area contributed by atoms with Crippen molar-refractivity contribution in [2.24, 2.45) is 0 Å². The van der Waals surface area contributed by atoms with Crippen LogP contribution in [-0.4, -0.2) is 19.3 Å². The van der Waals surface area contributed by atoms with Gasteiger partial charge in [-0.25, -0.2) is 17.8 Å². The number of carbonyl (C=O) groups excluding carboxylic acids is 1. The number of amides is 1. The summed E-state index contributed by atoms with van der Waals surface area (Å²) >= 11 is 1.17. The Kier molecular flexibility index (Phi) is 5.47. The molecule has 0 saturated heterocycles. The van der Waals surface area contributed by atoms with Crippen LogP contribution >= 0.6 is 11.3 Å². The molecular weight excluding hydrogens is 437 g/mol. The maximum absolute atomic E-state index is 13.1. The van der Waals surface area contributed by atoms with E-state index in [0.29, 0.717) is 16.8 Å². The zero-order valence-corrected chi connectivity index (χ0v) is 18.3. The molecule has 0 aliphatic carbocycles. The van der Waals surface area contributed by atoms with E-state index >= 15 is 0 Å². The number of aromatic nitrogens is 1. The van der Waals surface area contributed by atoms with Crippen LogP contribution in [-0.2, 0) is 10.0 Å². The van der Waals surface area contributed by atoms with Crippen LogP contribution in [0.4, 0.5) is 15.2 Å². The van der Waals surface area contributed by atoms with Crippen LogP contribution in [0.2, 0.25) is 0 Å². The Hall–Kier alpha value is -3.30. The number of nitrogens with one attached hydrogen (secondary N) is 2. The van der Waals surface area contributed by atoms with Gasteiger partial charge in [-0.1, -0.05) is 29.0 Å². The molecule has 31 heavy (non-hydrogen) atoms. The quantitative estimate of drug-likeness (QED) is 0.438. The molecule has 0 bridgehead atoms. The summed E-state index contributed by atoms with van der Waals surface area (Å²) in [5.41, 5.74) is 3.26. The standard InChI is InChI=1S/C22H18FN3O3S2/c1-13-3-9-18(10-4-13)31(28,29)26-22-25-20-14(2)11-17(12-19(20)30-22)24-21(27)15-5-7-16(23)8-6-15/h3-12H,1-2H3,(H,24,27)(H,25,26). The van der Waals surface area contributed by atoms with Crippen molar-refractivity contribution in [3.05, 3.63) is 83.2 Å². The zero-order valence-electron chi connectivity index (χ0n) is 16.6. The van der Waals surface area contributed by atoms with Crippen molar-refractivity contribution in [2.75, 3.05) is 10.0 Å². The molecule has 158 valence electrons. The highest BCUT2D eigenvalue weighted by molar-refractivity contribution is 7.93. The average molecular weight is 456 g/mol. The first-order valence-corrected chi connectivity index (χ1v) is 11.6. The van der Waals surface area contributed by atoms with Crippen molar-refractivity contribution in [1.82, 2.24) is 4.98 Å². The minimum atomic E-state index is -3.76. The third kappa shape index (κ3) is 4.57. The molecule has 1 aromatic heterocycles. The summed E-state index contributed by atoms with van der Waals surface area (Å²) < 4.78 is 41.6. The summed E-state index contributed by atoms with van der Waals surface area (Å²) in [4.78, 5) is 17.0. The number of halogens is 1. The first-order chi connectivity index (χ1) is 14.7. The second kappa shape index (κ2) is 8.09. The van der Waals surface area contributed by atoms with Crippen molar-refractivity contribution in [3.8, 4) is 0 Å². The molecule has 4 rings (SSSR count). The van der Waals surface area contributed by atoms with Gasteiger partial charge in [0.1, 0.15) is 5.82 Å². The van der Waals surface area contributed by atoms with E-state index in [0.717, 1.165) is 15.8 Å². The number of hydrogen-bond donors (Lipinski definition) is 2. The highest BCUT2D eigenvalue weighted by Gasteiger charge is 2.18. The largest absolute Gasteiger partial charge is 0.322 e. The number of carbonyl (C=O) groups is 1. The zero-order chi connectivity index (χ0) is 22.2. The molecule has 0 aliphatic heterocycles. The number of anilines is 2. The van der Waals surface area contributed by atoms with E-state index < -0.39 is 15.8 Å². The summed E-state index contributed by atoms with van der Waals surface area (Å²) in [5, 5.41) is 3.01. The molecule has 3 aromatic carbocycles. The van der Waals surface area contributed by atoms with Crippen molar-refractivity contribution < 1.29 is 17.6 Å². The van der Waals surface area contributed by atoms with E-state index in [1.165, 1.54) is 35.6 Å². The lowest BCUT2D eigenvalue weighted by molar-refractivity contribution is 0.102. The lowest BCUT2D eigenvalue weighted by Crippen LogP contribution is -2.12. The van der Waals surface area contributed by atoms with Gasteiger partial charge in [-0.05, 0) is 67.9 Å². The maximum atomic E-state index is 13.1. The third-order valence-corrected chi connectivity index (χ3v) is 7.00. The first kappa shape index (κ1) is 21.0. The Labute approximate surface area is 182 Å². The molecule has 0 unspecified atom stereocenters. The molecule has 9 heteroatoms. The van der Waals surface area contributed by atoms with E-state index in [-0.39, 0.29) is 15.9 Å². The number of sulfonamides is 1. The lowest BCUT2D eigenvalue weighted by atomic mass is 10.1. The van der Waals surface area contributed by atoms with Gasteiger partial charge < -0.3 is 5.32 Å². The van der Waals surface area contributed by atoms with Gasteiger partial charge >= 0.3 is 0 Å². The van der Waals surface area contributed by atoms with Gasteiger partial charge in [0.2, 0.25) is 0 Å². The van der Waals surface area contributed by atoms with Crippen LogP contribution in [0.1, 0.15) is 21.5 Å². The van der Waals surface area contributed by atoms with Crippen molar-refractivity contribution in [3.63, 3.8) is 0 Å². The van der Waals surface area contributed by atoms with Crippen LogP contribution in [0.3, 0.4) is 0 Å². The van der Waals surface area contributed by atoms with E-state index in [2.05, 4.69) is 15.0 Å². The van der Waals surface area contributed by atoms with E-state index in [9.17, 15) is 17.6 Å². The Morgan fingerprint density at radius 3 is 2.35 bits per heavy atom. The maximum Gasteiger partial charge on any atom is 0.263 e. The molecule has 0 fully saturated rings. The van der Waals surface area contributed by atoms with Crippen LogP contribution in [0.25, 0.3) is 10.2 Å². The molecule has 0 saturated carbocycles. The molecule has 1 amide bonds. The second-order valence-electron chi connectivity index (χ2n) is 7.04. The second-order valence-corrected chi connectivity index (χ2v) is 9.75. The molecule has 2 N–H and O–H groups in total. The number of benzene rings is 3. The van der Waals surface area contributed by atoms with Crippen LogP contribution in [0.15, 0.2) is 65.6 Å². The van der Waals surface area contributed by atoms with Crippen LogP contribution < -0.4 is 10.0 Å². The van der Waals surface area contributed by atoms with E-state index in [1.54, 1.807) is 36.4 Å². The van der Waals surface area contributed by atoms with Crippen molar-refractivity contribution >= 4 is 48.3 Å². The number of fused-ring (bicyclic) bond motifs is 1. The highest BCUT2D eigenvalue weighted by Crippen LogP contribution is 2.32. The Balaban J connectivity index is 1.59. The van der Waals surface area contributed by atoms with E-state index in [4.69, 9.17) is 0 Å². The molecule has 0 radical (unpaired) electrons. The molecule has 0 aliphatic rings.